The number of sulfone groups is 1. The monoisotopic (exact) mass is 460 g/mol. The molecular formula is C14H16Br2ClFO2S. The second-order valence-corrected chi connectivity index (χ2v) is 9.41. The van der Waals surface area contributed by atoms with Gasteiger partial charge in [-0.05, 0) is 41.9 Å². The van der Waals surface area contributed by atoms with Gasteiger partial charge in [0.05, 0.1) is 16.5 Å². The summed E-state index contributed by atoms with van der Waals surface area (Å²) in [6, 6.07) is 4.70. The summed E-state index contributed by atoms with van der Waals surface area (Å²) in [5, 5.41) is 1.46. The van der Waals surface area contributed by atoms with Gasteiger partial charge < -0.3 is 0 Å². The lowest BCUT2D eigenvalue weighted by Gasteiger charge is -2.36. The van der Waals surface area contributed by atoms with Crippen molar-refractivity contribution in [3.63, 3.8) is 0 Å². The molecule has 1 heterocycles. The van der Waals surface area contributed by atoms with Crippen LogP contribution in [-0.4, -0.2) is 30.6 Å². The molecule has 1 aromatic rings. The third-order valence-corrected chi connectivity index (χ3v) is 8.46. The highest BCUT2D eigenvalue weighted by atomic mass is 79.9. The van der Waals surface area contributed by atoms with Crippen molar-refractivity contribution in [2.24, 2.45) is 11.3 Å². The molecule has 0 N–H and O–H groups in total. The highest BCUT2D eigenvalue weighted by Gasteiger charge is 2.43. The molecule has 1 saturated heterocycles. The van der Waals surface area contributed by atoms with E-state index in [1.54, 1.807) is 12.1 Å². The summed E-state index contributed by atoms with van der Waals surface area (Å²) >= 11 is 12.9. The van der Waals surface area contributed by atoms with Crippen LogP contribution in [0.1, 0.15) is 12.0 Å². The number of halogens is 4. The Balaban J connectivity index is 2.27. The standard InChI is InChI=1S/C14H16Br2ClFO2S/c15-8-14(9-16,11-3-4-21(19,20)7-11)6-10-1-2-13(18)12(17)5-10/h1-2,5,11H,3-4,6-9H2. The largest absolute Gasteiger partial charge is 0.229 e. The molecule has 0 bridgehead atoms. The fourth-order valence-electron chi connectivity index (χ4n) is 2.83. The van der Waals surface area contributed by atoms with Crippen molar-refractivity contribution in [2.75, 3.05) is 22.2 Å². The minimum Gasteiger partial charge on any atom is -0.229 e. The predicted molar refractivity (Wildman–Crippen MR) is 91.9 cm³/mol. The molecule has 0 aromatic heterocycles. The molecule has 1 unspecified atom stereocenters. The molecule has 0 radical (unpaired) electrons. The molecule has 1 fully saturated rings. The van der Waals surface area contributed by atoms with Crippen LogP contribution in [0, 0.1) is 17.2 Å². The second-order valence-electron chi connectivity index (χ2n) is 5.65. The lowest BCUT2D eigenvalue weighted by Crippen LogP contribution is -2.37. The first-order valence-electron chi connectivity index (χ1n) is 6.58. The van der Waals surface area contributed by atoms with Crippen LogP contribution in [0.2, 0.25) is 5.02 Å². The molecule has 118 valence electrons. The Morgan fingerprint density at radius 1 is 1.33 bits per heavy atom. The van der Waals surface area contributed by atoms with Crippen LogP contribution in [0.5, 0.6) is 0 Å². The highest BCUT2D eigenvalue weighted by Crippen LogP contribution is 2.42. The van der Waals surface area contributed by atoms with Crippen molar-refractivity contribution in [3.8, 4) is 0 Å². The summed E-state index contributed by atoms with van der Waals surface area (Å²) in [6.45, 7) is 0. The number of hydrogen-bond acceptors (Lipinski definition) is 2. The maximum Gasteiger partial charge on any atom is 0.150 e. The van der Waals surface area contributed by atoms with E-state index < -0.39 is 15.7 Å². The van der Waals surface area contributed by atoms with E-state index in [2.05, 4.69) is 31.9 Å². The summed E-state index contributed by atoms with van der Waals surface area (Å²) in [5.74, 6) is 0.125. The third-order valence-electron chi connectivity index (χ3n) is 4.17. The number of benzene rings is 1. The molecule has 21 heavy (non-hydrogen) atoms. The van der Waals surface area contributed by atoms with Gasteiger partial charge in [0.1, 0.15) is 5.82 Å². The normalized spacial score (nSPS) is 21.6. The minimum atomic E-state index is -2.93. The number of alkyl halides is 2. The summed E-state index contributed by atoms with van der Waals surface area (Å²) in [7, 11) is -2.93. The zero-order valence-electron chi connectivity index (χ0n) is 11.3. The maximum atomic E-state index is 13.3. The summed E-state index contributed by atoms with van der Waals surface area (Å²) in [6.07, 6.45) is 1.33. The van der Waals surface area contributed by atoms with Crippen LogP contribution >= 0.6 is 43.5 Å². The lowest BCUT2D eigenvalue weighted by molar-refractivity contribution is 0.253. The maximum absolute atomic E-state index is 13.3. The van der Waals surface area contributed by atoms with E-state index in [-0.39, 0.29) is 27.9 Å². The highest BCUT2D eigenvalue weighted by molar-refractivity contribution is 9.09. The van der Waals surface area contributed by atoms with Crippen molar-refractivity contribution in [1.29, 1.82) is 0 Å². The minimum absolute atomic E-state index is 0.0880. The Kier molecular flexibility index (Phi) is 5.77. The van der Waals surface area contributed by atoms with Crippen LogP contribution < -0.4 is 0 Å². The van der Waals surface area contributed by atoms with Crippen LogP contribution in [-0.2, 0) is 16.3 Å². The van der Waals surface area contributed by atoms with Crippen LogP contribution in [0.4, 0.5) is 4.39 Å². The van der Waals surface area contributed by atoms with E-state index in [0.717, 1.165) is 5.56 Å². The molecule has 0 aliphatic carbocycles. The molecular weight excluding hydrogens is 446 g/mol. The van der Waals surface area contributed by atoms with E-state index in [4.69, 9.17) is 11.6 Å². The van der Waals surface area contributed by atoms with E-state index >= 15 is 0 Å². The Morgan fingerprint density at radius 3 is 2.48 bits per heavy atom. The predicted octanol–water partition coefficient (Wildman–Crippen LogP) is 4.23. The van der Waals surface area contributed by atoms with Crippen molar-refractivity contribution < 1.29 is 12.8 Å². The van der Waals surface area contributed by atoms with Gasteiger partial charge in [-0.1, -0.05) is 49.5 Å². The fraction of sp³-hybridized carbons (Fsp3) is 0.571. The van der Waals surface area contributed by atoms with Gasteiger partial charge in [-0.2, -0.15) is 0 Å². The van der Waals surface area contributed by atoms with E-state index in [1.165, 1.54) is 6.07 Å². The van der Waals surface area contributed by atoms with Gasteiger partial charge in [0.2, 0.25) is 0 Å². The Hall–Kier alpha value is 0.350. The molecule has 1 aliphatic rings. The second kappa shape index (κ2) is 6.85. The van der Waals surface area contributed by atoms with Gasteiger partial charge in [-0.15, -0.1) is 0 Å². The molecule has 1 atom stereocenters. The van der Waals surface area contributed by atoms with Gasteiger partial charge in [0, 0.05) is 10.7 Å². The van der Waals surface area contributed by atoms with Gasteiger partial charge in [0.25, 0.3) is 0 Å². The smallest absolute Gasteiger partial charge is 0.150 e. The molecule has 0 saturated carbocycles. The first-order valence-corrected chi connectivity index (χ1v) is 11.0. The number of rotatable bonds is 5. The molecule has 0 spiro atoms. The summed E-state index contributed by atoms with van der Waals surface area (Å²) < 4.78 is 36.8. The van der Waals surface area contributed by atoms with Crippen molar-refractivity contribution >= 4 is 53.3 Å². The van der Waals surface area contributed by atoms with Gasteiger partial charge in [0.15, 0.2) is 9.84 Å². The SMILES string of the molecule is O=S1(=O)CCC(C(CBr)(CBr)Cc2ccc(F)c(Cl)c2)C1. The zero-order chi connectivity index (χ0) is 15.7. The molecule has 2 rings (SSSR count). The first-order chi connectivity index (χ1) is 9.82. The van der Waals surface area contributed by atoms with Crippen LogP contribution in [0.3, 0.4) is 0 Å². The van der Waals surface area contributed by atoms with Crippen molar-refractivity contribution in [2.45, 2.75) is 12.8 Å². The lowest BCUT2D eigenvalue weighted by atomic mass is 9.74. The first kappa shape index (κ1) is 17.7. The Bertz CT molecular complexity index is 617. The van der Waals surface area contributed by atoms with E-state index in [1.807, 2.05) is 0 Å². The average Bonchev–Trinajstić information content (AvgIpc) is 2.81. The molecule has 2 nitrogen and oxygen atoms in total. The quantitative estimate of drug-likeness (QED) is 0.614. The van der Waals surface area contributed by atoms with Crippen molar-refractivity contribution in [3.05, 3.63) is 34.6 Å². The Labute approximate surface area is 146 Å². The summed E-state index contributed by atoms with van der Waals surface area (Å²) in [4.78, 5) is 0. The molecule has 7 heteroatoms. The van der Waals surface area contributed by atoms with E-state index in [0.29, 0.717) is 23.5 Å². The van der Waals surface area contributed by atoms with Gasteiger partial charge >= 0.3 is 0 Å². The topological polar surface area (TPSA) is 34.1 Å². The van der Waals surface area contributed by atoms with E-state index in [9.17, 15) is 12.8 Å². The zero-order valence-corrected chi connectivity index (χ0v) is 16.0. The molecule has 1 aromatic carbocycles. The van der Waals surface area contributed by atoms with Crippen molar-refractivity contribution in [1.82, 2.24) is 0 Å². The third kappa shape index (κ3) is 4.01. The van der Waals surface area contributed by atoms with Crippen LogP contribution in [0.15, 0.2) is 18.2 Å². The van der Waals surface area contributed by atoms with Crippen LogP contribution in [0.25, 0.3) is 0 Å². The average molecular weight is 463 g/mol. The van der Waals surface area contributed by atoms with Gasteiger partial charge in [-0.25, -0.2) is 12.8 Å². The van der Waals surface area contributed by atoms with Gasteiger partial charge in [-0.3, -0.25) is 0 Å². The fourth-order valence-corrected chi connectivity index (χ4v) is 7.21. The molecule has 0 amide bonds. The Morgan fingerprint density at radius 2 is 2.00 bits per heavy atom. The number of hydrogen-bond donors (Lipinski definition) is 0. The molecule has 1 aliphatic heterocycles. The summed E-state index contributed by atoms with van der Waals surface area (Å²) in [5.41, 5.74) is 0.703.